The average Bonchev–Trinajstić information content (AvgIpc) is 3.31. The minimum absolute atomic E-state index is 0.0426. The number of hydrogen-bond acceptors (Lipinski definition) is 6. The average molecular weight is 434 g/mol. The van der Waals surface area contributed by atoms with Crippen LogP contribution in [0.3, 0.4) is 0 Å². The van der Waals surface area contributed by atoms with E-state index >= 15 is 0 Å². The molecule has 4 rings (SSSR count). The Labute approximate surface area is 176 Å². The van der Waals surface area contributed by atoms with Gasteiger partial charge in [-0.3, -0.25) is 14.2 Å². The van der Waals surface area contributed by atoms with Crippen LogP contribution in [0.15, 0.2) is 27.5 Å². The molecule has 3 heterocycles. The summed E-state index contributed by atoms with van der Waals surface area (Å²) in [6.45, 7) is 5.32. The number of carbonyl (C=O) groups excluding carboxylic acids is 1. The Morgan fingerprint density at radius 2 is 2.32 bits per heavy atom. The largest absolute Gasteiger partial charge is 0.350 e. The zero-order valence-corrected chi connectivity index (χ0v) is 18.4. The van der Waals surface area contributed by atoms with Crippen LogP contribution in [0.25, 0.3) is 10.2 Å². The number of nitrogens with zero attached hydrogens (tertiary/aromatic N) is 2. The molecule has 1 aliphatic carbocycles. The fourth-order valence-corrected chi connectivity index (χ4v) is 6.54. The minimum Gasteiger partial charge on any atom is -0.350 e. The van der Waals surface area contributed by atoms with Crippen LogP contribution >= 0.6 is 34.4 Å². The van der Waals surface area contributed by atoms with Gasteiger partial charge in [-0.25, -0.2) is 4.98 Å². The molecule has 3 aromatic heterocycles. The summed E-state index contributed by atoms with van der Waals surface area (Å²) in [5, 5.41) is 6.37. The summed E-state index contributed by atoms with van der Waals surface area (Å²) in [5.74, 6) is 0.871. The SMILES string of the molecule is CCn1c(SCC(=O)NCc2cccs2)nc2sc3c(c2c1=O)CCC(C)C3. The van der Waals surface area contributed by atoms with Gasteiger partial charge in [0.15, 0.2) is 5.16 Å². The van der Waals surface area contributed by atoms with E-state index in [9.17, 15) is 9.59 Å². The molecule has 0 radical (unpaired) electrons. The molecule has 0 aliphatic heterocycles. The van der Waals surface area contributed by atoms with Crippen molar-refractivity contribution >= 4 is 50.6 Å². The van der Waals surface area contributed by atoms with Gasteiger partial charge in [-0.2, -0.15) is 0 Å². The molecule has 0 aromatic carbocycles. The summed E-state index contributed by atoms with van der Waals surface area (Å²) in [7, 11) is 0. The molecule has 0 saturated heterocycles. The molecule has 5 nitrogen and oxygen atoms in total. The van der Waals surface area contributed by atoms with Crippen LogP contribution in [0.1, 0.15) is 35.6 Å². The number of thioether (sulfide) groups is 1. The van der Waals surface area contributed by atoms with Crippen molar-refractivity contribution < 1.29 is 4.79 Å². The Morgan fingerprint density at radius 1 is 1.46 bits per heavy atom. The Bertz CT molecular complexity index is 1050. The van der Waals surface area contributed by atoms with Gasteiger partial charge in [0, 0.05) is 16.3 Å². The number of nitrogens with one attached hydrogen (secondary N) is 1. The summed E-state index contributed by atoms with van der Waals surface area (Å²) >= 11 is 4.62. The number of rotatable bonds is 6. The van der Waals surface area contributed by atoms with Crippen LogP contribution in [0.5, 0.6) is 0 Å². The Morgan fingerprint density at radius 3 is 3.07 bits per heavy atom. The van der Waals surface area contributed by atoms with Crippen LogP contribution in [0.2, 0.25) is 0 Å². The second-order valence-electron chi connectivity index (χ2n) is 7.12. The number of thiophene rings is 2. The van der Waals surface area contributed by atoms with Crippen LogP contribution < -0.4 is 10.9 Å². The highest BCUT2D eigenvalue weighted by Gasteiger charge is 2.24. The summed E-state index contributed by atoms with van der Waals surface area (Å²) < 4.78 is 1.71. The Hall–Kier alpha value is -1.64. The van der Waals surface area contributed by atoms with E-state index in [-0.39, 0.29) is 17.2 Å². The topological polar surface area (TPSA) is 64.0 Å². The fourth-order valence-electron chi connectivity index (χ4n) is 3.57. The van der Waals surface area contributed by atoms with E-state index in [4.69, 9.17) is 4.98 Å². The van der Waals surface area contributed by atoms with Crippen LogP contribution in [0, 0.1) is 5.92 Å². The third-order valence-electron chi connectivity index (χ3n) is 5.07. The van der Waals surface area contributed by atoms with Crippen molar-refractivity contribution in [2.75, 3.05) is 5.75 Å². The number of aromatic nitrogens is 2. The lowest BCUT2D eigenvalue weighted by Crippen LogP contribution is -2.26. The standard InChI is InChI=1S/C20H23N3O2S3/c1-3-23-19(25)17-14-7-6-12(2)9-15(14)28-18(17)22-20(23)27-11-16(24)21-10-13-5-4-8-26-13/h4-5,8,12H,3,6-7,9-11H2,1-2H3,(H,21,24). The summed E-state index contributed by atoms with van der Waals surface area (Å²) in [4.78, 5) is 33.4. The predicted molar refractivity (Wildman–Crippen MR) is 118 cm³/mol. The van der Waals surface area contributed by atoms with E-state index in [0.717, 1.165) is 34.4 Å². The van der Waals surface area contributed by atoms with Crippen molar-refractivity contribution in [1.82, 2.24) is 14.9 Å². The molecule has 1 aliphatic rings. The highest BCUT2D eigenvalue weighted by molar-refractivity contribution is 7.99. The van der Waals surface area contributed by atoms with Crippen molar-refractivity contribution in [2.24, 2.45) is 5.92 Å². The van der Waals surface area contributed by atoms with Crippen molar-refractivity contribution in [3.8, 4) is 0 Å². The molecule has 0 bridgehead atoms. The van der Waals surface area contributed by atoms with Gasteiger partial charge in [-0.15, -0.1) is 22.7 Å². The third kappa shape index (κ3) is 3.90. The Balaban J connectivity index is 1.55. The summed E-state index contributed by atoms with van der Waals surface area (Å²) in [5.41, 5.74) is 1.25. The molecule has 1 amide bonds. The monoisotopic (exact) mass is 433 g/mol. The van der Waals surface area contributed by atoms with Crippen LogP contribution in [0.4, 0.5) is 0 Å². The number of carbonyl (C=O) groups is 1. The number of fused-ring (bicyclic) bond motifs is 3. The van der Waals surface area contributed by atoms with Crippen molar-refractivity contribution in [3.05, 3.63) is 43.2 Å². The van der Waals surface area contributed by atoms with E-state index in [0.29, 0.717) is 24.2 Å². The zero-order valence-electron chi connectivity index (χ0n) is 16.0. The molecule has 148 valence electrons. The number of amides is 1. The lowest BCUT2D eigenvalue weighted by atomic mass is 9.89. The maximum absolute atomic E-state index is 13.1. The number of hydrogen-bond donors (Lipinski definition) is 1. The van der Waals surface area contributed by atoms with Crippen LogP contribution in [-0.4, -0.2) is 21.2 Å². The maximum atomic E-state index is 13.1. The van der Waals surface area contributed by atoms with Gasteiger partial charge < -0.3 is 5.32 Å². The second-order valence-corrected chi connectivity index (χ2v) is 10.2. The van der Waals surface area contributed by atoms with E-state index in [1.165, 1.54) is 22.2 Å². The Kier molecular flexibility index (Phi) is 5.89. The molecule has 1 N–H and O–H groups in total. The molecule has 3 aromatic rings. The van der Waals surface area contributed by atoms with Gasteiger partial charge in [0.1, 0.15) is 4.83 Å². The second kappa shape index (κ2) is 8.39. The lowest BCUT2D eigenvalue weighted by molar-refractivity contribution is -0.118. The van der Waals surface area contributed by atoms with Gasteiger partial charge in [0.25, 0.3) is 5.56 Å². The summed E-state index contributed by atoms with van der Waals surface area (Å²) in [6, 6.07) is 3.98. The molecule has 0 saturated carbocycles. The molecular formula is C20H23N3O2S3. The minimum atomic E-state index is -0.0466. The first-order valence-electron chi connectivity index (χ1n) is 9.53. The first-order chi connectivity index (χ1) is 13.6. The van der Waals surface area contributed by atoms with Crippen molar-refractivity contribution in [3.63, 3.8) is 0 Å². The normalized spacial score (nSPS) is 16.3. The van der Waals surface area contributed by atoms with E-state index in [1.807, 2.05) is 24.4 Å². The first-order valence-corrected chi connectivity index (χ1v) is 12.2. The fraction of sp³-hybridized carbons (Fsp3) is 0.450. The van der Waals surface area contributed by atoms with E-state index in [1.54, 1.807) is 27.2 Å². The van der Waals surface area contributed by atoms with Gasteiger partial charge in [-0.1, -0.05) is 24.8 Å². The predicted octanol–water partition coefficient (Wildman–Crippen LogP) is 4.07. The summed E-state index contributed by atoms with van der Waals surface area (Å²) in [6.07, 6.45) is 3.13. The molecule has 28 heavy (non-hydrogen) atoms. The zero-order chi connectivity index (χ0) is 19.7. The van der Waals surface area contributed by atoms with Crippen LogP contribution in [-0.2, 0) is 30.7 Å². The molecule has 0 spiro atoms. The van der Waals surface area contributed by atoms with Gasteiger partial charge in [0.2, 0.25) is 5.91 Å². The smallest absolute Gasteiger partial charge is 0.263 e. The van der Waals surface area contributed by atoms with E-state index < -0.39 is 0 Å². The van der Waals surface area contributed by atoms with Crippen molar-refractivity contribution in [2.45, 2.75) is 51.4 Å². The lowest BCUT2D eigenvalue weighted by Gasteiger charge is -2.17. The molecule has 1 atom stereocenters. The maximum Gasteiger partial charge on any atom is 0.263 e. The number of aryl methyl sites for hydroxylation is 1. The highest BCUT2D eigenvalue weighted by Crippen LogP contribution is 2.36. The van der Waals surface area contributed by atoms with E-state index in [2.05, 4.69) is 12.2 Å². The molecule has 8 heteroatoms. The van der Waals surface area contributed by atoms with Gasteiger partial charge in [-0.05, 0) is 49.1 Å². The molecule has 0 fully saturated rings. The first kappa shape index (κ1) is 19.7. The third-order valence-corrected chi connectivity index (χ3v) is 8.07. The quantitative estimate of drug-likeness (QED) is 0.470. The van der Waals surface area contributed by atoms with Gasteiger partial charge in [0.05, 0.1) is 17.7 Å². The molecule has 1 unspecified atom stereocenters. The highest BCUT2D eigenvalue weighted by atomic mass is 32.2. The molecular weight excluding hydrogens is 410 g/mol. The van der Waals surface area contributed by atoms with Gasteiger partial charge >= 0.3 is 0 Å². The van der Waals surface area contributed by atoms with Crippen molar-refractivity contribution in [1.29, 1.82) is 0 Å².